The van der Waals surface area contributed by atoms with Crippen LogP contribution >= 0.6 is 11.6 Å². The molecular formula is C17H27ClN2. The molecule has 0 spiro atoms. The quantitative estimate of drug-likeness (QED) is 0.771. The molecule has 1 aromatic rings. The number of nitrogens with one attached hydrogen (secondary N) is 1. The summed E-state index contributed by atoms with van der Waals surface area (Å²) in [5.41, 5.74) is 2.72. The van der Waals surface area contributed by atoms with Gasteiger partial charge in [-0.2, -0.15) is 0 Å². The molecule has 3 heteroatoms. The first-order valence-electron chi connectivity index (χ1n) is 8.02. The molecule has 1 aromatic carbocycles. The van der Waals surface area contributed by atoms with E-state index in [1.165, 1.54) is 43.5 Å². The molecule has 1 atom stereocenters. The van der Waals surface area contributed by atoms with E-state index in [1.54, 1.807) is 0 Å². The van der Waals surface area contributed by atoms with Crippen LogP contribution in [0.3, 0.4) is 0 Å². The van der Waals surface area contributed by atoms with Gasteiger partial charge < -0.3 is 10.2 Å². The molecule has 2 nitrogen and oxygen atoms in total. The molecule has 112 valence electrons. The number of halogens is 1. The van der Waals surface area contributed by atoms with E-state index in [4.69, 9.17) is 11.6 Å². The minimum absolute atomic E-state index is 0.690. The van der Waals surface area contributed by atoms with Crippen LogP contribution in [0.2, 0.25) is 5.02 Å². The zero-order valence-electron chi connectivity index (χ0n) is 12.8. The standard InChI is InChI=1S/C17H27ClN2/c1-3-10-19-13-14-12-15(18)8-9-17(14)20-11-6-5-7-16(20)4-2/h8-9,12,16,19H,3-7,10-11,13H2,1-2H3. The summed E-state index contributed by atoms with van der Waals surface area (Å²) in [6, 6.07) is 7.05. The lowest BCUT2D eigenvalue weighted by Gasteiger charge is -2.38. The van der Waals surface area contributed by atoms with Gasteiger partial charge in [0.15, 0.2) is 0 Å². The van der Waals surface area contributed by atoms with Gasteiger partial charge in [0.05, 0.1) is 0 Å². The highest BCUT2D eigenvalue weighted by atomic mass is 35.5. The first-order chi connectivity index (χ1) is 9.76. The Labute approximate surface area is 128 Å². The van der Waals surface area contributed by atoms with Gasteiger partial charge in [0.2, 0.25) is 0 Å². The molecule has 0 aromatic heterocycles. The third-order valence-corrected chi connectivity index (χ3v) is 4.43. The van der Waals surface area contributed by atoms with Crippen molar-refractivity contribution in [3.8, 4) is 0 Å². The Kier molecular flexibility index (Phi) is 6.18. The Morgan fingerprint density at radius 1 is 1.30 bits per heavy atom. The lowest BCUT2D eigenvalue weighted by Crippen LogP contribution is -2.39. The summed E-state index contributed by atoms with van der Waals surface area (Å²) in [5, 5.41) is 4.35. The van der Waals surface area contributed by atoms with E-state index in [1.807, 2.05) is 6.07 Å². The fourth-order valence-electron chi connectivity index (χ4n) is 3.12. The maximum absolute atomic E-state index is 6.19. The van der Waals surface area contributed by atoms with Gasteiger partial charge in [-0.3, -0.25) is 0 Å². The fraction of sp³-hybridized carbons (Fsp3) is 0.647. The Morgan fingerprint density at radius 3 is 2.90 bits per heavy atom. The summed E-state index contributed by atoms with van der Waals surface area (Å²) in [7, 11) is 0. The van der Waals surface area contributed by atoms with E-state index >= 15 is 0 Å². The highest BCUT2D eigenvalue weighted by Crippen LogP contribution is 2.31. The Hall–Kier alpha value is -0.730. The smallest absolute Gasteiger partial charge is 0.0415 e. The maximum atomic E-state index is 6.19. The topological polar surface area (TPSA) is 15.3 Å². The minimum Gasteiger partial charge on any atom is -0.368 e. The molecule has 1 aliphatic heterocycles. The van der Waals surface area contributed by atoms with Crippen molar-refractivity contribution in [3.05, 3.63) is 28.8 Å². The van der Waals surface area contributed by atoms with Crippen LogP contribution in [0.25, 0.3) is 0 Å². The molecule has 1 fully saturated rings. The number of benzene rings is 1. The van der Waals surface area contributed by atoms with Crippen LogP contribution in [0.1, 0.15) is 51.5 Å². The van der Waals surface area contributed by atoms with Gasteiger partial charge in [-0.25, -0.2) is 0 Å². The second-order valence-corrected chi connectivity index (χ2v) is 6.14. The number of hydrogen-bond donors (Lipinski definition) is 1. The fourth-order valence-corrected chi connectivity index (χ4v) is 3.31. The van der Waals surface area contributed by atoms with Crippen molar-refractivity contribution < 1.29 is 0 Å². The first kappa shape index (κ1) is 15.7. The monoisotopic (exact) mass is 294 g/mol. The lowest BCUT2D eigenvalue weighted by atomic mass is 9.98. The van der Waals surface area contributed by atoms with E-state index in [-0.39, 0.29) is 0 Å². The van der Waals surface area contributed by atoms with Crippen LogP contribution in [0.5, 0.6) is 0 Å². The summed E-state index contributed by atoms with van der Waals surface area (Å²) in [5.74, 6) is 0. The highest BCUT2D eigenvalue weighted by molar-refractivity contribution is 6.30. The van der Waals surface area contributed by atoms with Crippen LogP contribution < -0.4 is 10.2 Å². The predicted octanol–water partition coefficient (Wildman–Crippen LogP) is 4.61. The summed E-state index contributed by atoms with van der Waals surface area (Å²) < 4.78 is 0. The third kappa shape index (κ3) is 3.89. The van der Waals surface area contributed by atoms with Crippen LogP contribution in [-0.2, 0) is 6.54 Å². The van der Waals surface area contributed by atoms with E-state index in [9.17, 15) is 0 Å². The van der Waals surface area contributed by atoms with Gasteiger partial charge in [0.25, 0.3) is 0 Å². The zero-order valence-corrected chi connectivity index (χ0v) is 13.5. The molecule has 1 N–H and O–H groups in total. The van der Waals surface area contributed by atoms with Crippen molar-refractivity contribution in [3.63, 3.8) is 0 Å². The van der Waals surface area contributed by atoms with Crippen molar-refractivity contribution in [1.82, 2.24) is 5.32 Å². The number of hydrogen-bond acceptors (Lipinski definition) is 2. The molecule has 0 amide bonds. The van der Waals surface area contributed by atoms with E-state index in [2.05, 4.69) is 36.2 Å². The summed E-state index contributed by atoms with van der Waals surface area (Å²) in [6.45, 7) is 7.65. The number of anilines is 1. The Morgan fingerprint density at radius 2 is 2.15 bits per heavy atom. The average molecular weight is 295 g/mol. The molecule has 0 bridgehead atoms. The number of nitrogens with zero attached hydrogens (tertiary/aromatic N) is 1. The van der Waals surface area contributed by atoms with Crippen molar-refractivity contribution in [2.75, 3.05) is 18.0 Å². The van der Waals surface area contributed by atoms with E-state index in [0.29, 0.717) is 6.04 Å². The largest absolute Gasteiger partial charge is 0.368 e. The van der Waals surface area contributed by atoms with Crippen LogP contribution in [-0.4, -0.2) is 19.1 Å². The molecule has 1 aliphatic rings. The molecule has 0 saturated carbocycles. The van der Waals surface area contributed by atoms with Gasteiger partial charge in [0, 0.05) is 29.8 Å². The molecule has 1 heterocycles. The normalized spacial score (nSPS) is 19.4. The average Bonchev–Trinajstić information content (AvgIpc) is 2.48. The molecule has 0 aliphatic carbocycles. The molecule has 1 saturated heterocycles. The van der Waals surface area contributed by atoms with Gasteiger partial charge in [-0.05, 0) is 62.4 Å². The maximum Gasteiger partial charge on any atom is 0.0415 e. The molecule has 20 heavy (non-hydrogen) atoms. The predicted molar refractivity (Wildman–Crippen MR) is 88.7 cm³/mol. The van der Waals surface area contributed by atoms with Crippen molar-refractivity contribution in [2.24, 2.45) is 0 Å². The van der Waals surface area contributed by atoms with Gasteiger partial charge in [0.1, 0.15) is 0 Å². The van der Waals surface area contributed by atoms with Crippen molar-refractivity contribution in [1.29, 1.82) is 0 Å². The second-order valence-electron chi connectivity index (χ2n) is 5.70. The van der Waals surface area contributed by atoms with Crippen LogP contribution in [0, 0.1) is 0 Å². The molecule has 2 rings (SSSR count). The van der Waals surface area contributed by atoms with Gasteiger partial charge in [-0.1, -0.05) is 25.4 Å². The first-order valence-corrected chi connectivity index (χ1v) is 8.39. The number of rotatable bonds is 6. The van der Waals surface area contributed by atoms with Crippen LogP contribution in [0.15, 0.2) is 18.2 Å². The van der Waals surface area contributed by atoms with Gasteiger partial charge in [-0.15, -0.1) is 0 Å². The zero-order chi connectivity index (χ0) is 14.4. The Balaban J connectivity index is 2.19. The second kappa shape index (κ2) is 7.90. The minimum atomic E-state index is 0.690. The third-order valence-electron chi connectivity index (χ3n) is 4.19. The van der Waals surface area contributed by atoms with Crippen molar-refractivity contribution in [2.45, 2.75) is 58.5 Å². The molecule has 1 unspecified atom stereocenters. The van der Waals surface area contributed by atoms with Crippen LogP contribution in [0.4, 0.5) is 5.69 Å². The lowest BCUT2D eigenvalue weighted by molar-refractivity contribution is 0.448. The Bertz CT molecular complexity index is 419. The summed E-state index contributed by atoms with van der Waals surface area (Å²) in [4.78, 5) is 2.60. The van der Waals surface area contributed by atoms with Gasteiger partial charge >= 0.3 is 0 Å². The SMILES string of the molecule is CCCNCc1cc(Cl)ccc1N1CCCCC1CC. The highest BCUT2D eigenvalue weighted by Gasteiger charge is 2.22. The molecular weight excluding hydrogens is 268 g/mol. The van der Waals surface area contributed by atoms with Crippen molar-refractivity contribution >= 4 is 17.3 Å². The summed E-state index contributed by atoms with van der Waals surface area (Å²) >= 11 is 6.19. The number of piperidine rings is 1. The summed E-state index contributed by atoms with van der Waals surface area (Å²) in [6.07, 6.45) is 6.38. The molecule has 0 radical (unpaired) electrons. The van der Waals surface area contributed by atoms with E-state index < -0.39 is 0 Å². The van der Waals surface area contributed by atoms with E-state index in [0.717, 1.165) is 24.5 Å².